The summed E-state index contributed by atoms with van der Waals surface area (Å²) in [4.78, 5) is 29.6. The molecule has 0 spiro atoms. The highest BCUT2D eigenvalue weighted by atomic mass is 35.5. The van der Waals surface area contributed by atoms with Gasteiger partial charge in [-0.2, -0.15) is 0 Å². The van der Waals surface area contributed by atoms with Gasteiger partial charge >= 0.3 is 0 Å². The summed E-state index contributed by atoms with van der Waals surface area (Å²) in [6.07, 6.45) is 0.169. The summed E-state index contributed by atoms with van der Waals surface area (Å²) in [5, 5.41) is 3.34. The van der Waals surface area contributed by atoms with Crippen molar-refractivity contribution in [1.82, 2.24) is 10.2 Å². The Balaban J connectivity index is 1.80. The molecule has 8 nitrogen and oxygen atoms in total. The van der Waals surface area contributed by atoms with Crippen LogP contribution < -0.4 is 14.4 Å². The van der Waals surface area contributed by atoms with Crippen molar-refractivity contribution in [2.75, 3.05) is 24.5 Å². The Morgan fingerprint density at radius 1 is 0.891 bits per heavy atom. The number of methoxy groups -OCH3 is 1. The molecule has 0 fully saturated rings. The summed E-state index contributed by atoms with van der Waals surface area (Å²) in [6, 6.07) is 25.8. The van der Waals surface area contributed by atoms with Gasteiger partial charge in [-0.05, 0) is 71.6 Å². The predicted octanol–water partition coefficient (Wildman–Crippen LogP) is 6.10. The van der Waals surface area contributed by atoms with E-state index in [4.69, 9.17) is 16.3 Å². The van der Waals surface area contributed by atoms with Gasteiger partial charge in [-0.1, -0.05) is 74.0 Å². The summed E-state index contributed by atoms with van der Waals surface area (Å²) in [5.74, 6) is -1.00. The molecule has 11 heteroatoms. The highest BCUT2D eigenvalue weighted by Gasteiger charge is 2.35. The summed E-state index contributed by atoms with van der Waals surface area (Å²) >= 11 is 6.52. The number of sulfonamides is 1. The minimum absolute atomic E-state index is 0.0645. The van der Waals surface area contributed by atoms with Crippen LogP contribution >= 0.6 is 11.6 Å². The van der Waals surface area contributed by atoms with Gasteiger partial charge in [-0.25, -0.2) is 12.8 Å². The zero-order valence-corrected chi connectivity index (χ0v) is 27.5. The van der Waals surface area contributed by atoms with Crippen LogP contribution in [0, 0.1) is 11.7 Å². The number of hydrogen-bond acceptors (Lipinski definition) is 5. The number of benzene rings is 4. The Morgan fingerprint density at radius 2 is 1.52 bits per heavy atom. The Labute approximate surface area is 274 Å². The minimum Gasteiger partial charge on any atom is -0.497 e. The van der Waals surface area contributed by atoms with E-state index in [1.54, 1.807) is 24.3 Å². The third kappa shape index (κ3) is 8.86. The fourth-order valence-corrected chi connectivity index (χ4v) is 6.41. The molecule has 1 unspecified atom stereocenters. The molecular formula is C35H37ClFN3O5S. The number of halogens is 2. The summed E-state index contributed by atoms with van der Waals surface area (Å²) in [7, 11) is -2.88. The maximum Gasteiger partial charge on any atom is 0.264 e. The molecule has 0 saturated heterocycles. The largest absolute Gasteiger partial charge is 0.497 e. The fraction of sp³-hybridized carbons (Fsp3) is 0.257. The average Bonchev–Trinajstić information content (AvgIpc) is 3.05. The first-order valence-corrected chi connectivity index (χ1v) is 16.6. The van der Waals surface area contributed by atoms with Crippen LogP contribution in [0.4, 0.5) is 10.1 Å². The highest BCUT2D eigenvalue weighted by Crippen LogP contribution is 2.27. The quantitative estimate of drug-likeness (QED) is 0.176. The Morgan fingerprint density at radius 3 is 2.13 bits per heavy atom. The lowest BCUT2D eigenvalue weighted by molar-refractivity contribution is -0.140. The number of hydrogen-bond donors (Lipinski definition) is 1. The van der Waals surface area contributed by atoms with Gasteiger partial charge < -0.3 is 15.0 Å². The van der Waals surface area contributed by atoms with Crippen molar-refractivity contribution in [1.29, 1.82) is 0 Å². The third-order valence-electron chi connectivity index (χ3n) is 7.30. The number of anilines is 1. The monoisotopic (exact) mass is 665 g/mol. The molecule has 0 aliphatic heterocycles. The molecular weight excluding hydrogens is 629 g/mol. The van der Waals surface area contributed by atoms with Crippen LogP contribution in [-0.4, -0.2) is 51.4 Å². The first kappa shape index (κ1) is 34.5. The first-order valence-electron chi connectivity index (χ1n) is 14.8. The van der Waals surface area contributed by atoms with E-state index in [2.05, 4.69) is 5.32 Å². The summed E-state index contributed by atoms with van der Waals surface area (Å²) in [6.45, 7) is 3.57. The van der Waals surface area contributed by atoms with Crippen LogP contribution in [0.25, 0.3) is 0 Å². The Hall–Kier alpha value is -4.41. The van der Waals surface area contributed by atoms with E-state index >= 15 is 0 Å². The van der Waals surface area contributed by atoms with E-state index in [9.17, 15) is 22.4 Å². The summed E-state index contributed by atoms with van der Waals surface area (Å²) < 4.78 is 48.2. The number of nitrogens with one attached hydrogen (secondary N) is 1. The second-order valence-electron chi connectivity index (χ2n) is 11.1. The van der Waals surface area contributed by atoms with Crippen molar-refractivity contribution in [3.8, 4) is 5.75 Å². The second kappa shape index (κ2) is 15.7. The zero-order chi connectivity index (χ0) is 33.3. The molecule has 4 aromatic rings. The molecule has 2 amide bonds. The second-order valence-corrected chi connectivity index (χ2v) is 13.4. The van der Waals surface area contributed by atoms with Crippen LogP contribution in [0.3, 0.4) is 0 Å². The van der Waals surface area contributed by atoms with Gasteiger partial charge in [0.2, 0.25) is 11.8 Å². The van der Waals surface area contributed by atoms with Crippen LogP contribution in [0.2, 0.25) is 5.02 Å². The first-order chi connectivity index (χ1) is 22.0. The van der Waals surface area contributed by atoms with Crippen LogP contribution in [-0.2, 0) is 32.6 Å². The number of carbonyl (C=O) groups excluding carboxylic acids is 2. The van der Waals surface area contributed by atoms with Gasteiger partial charge in [0.1, 0.15) is 24.2 Å². The molecule has 0 bridgehead atoms. The van der Waals surface area contributed by atoms with Crippen LogP contribution in [0.1, 0.15) is 25.0 Å². The van der Waals surface area contributed by atoms with E-state index in [0.717, 1.165) is 22.0 Å². The van der Waals surface area contributed by atoms with Crippen molar-refractivity contribution in [3.05, 3.63) is 125 Å². The van der Waals surface area contributed by atoms with E-state index < -0.39 is 34.3 Å². The van der Waals surface area contributed by atoms with Gasteiger partial charge in [0.15, 0.2) is 0 Å². The lowest BCUT2D eigenvalue weighted by atomic mass is 10.0. The number of nitrogens with zero attached hydrogens (tertiary/aromatic N) is 2. The molecule has 0 saturated carbocycles. The zero-order valence-electron chi connectivity index (χ0n) is 25.9. The number of carbonyl (C=O) groups is 2. The predicted molar refractivity (Wildman–Crippen MR) is 178 cm³/mol. The van der Waals surface area contributed by atoms with Gasteiger partial charge in [-0.15, -0.1) is 0 Å². The van der Waals surface area contributed by atoms with Crippen molar-refractivity contribution >= 4 is 39.1 Å². The van der Waals surface area contributed by atoms with E-state index in [0.29, 0.717) is 22.9 Å². The van der Waals surface area contributed by atoms with Crippen molar-refractivity contribution in [3.63, 3.8) is 0 Å². The third-order valence-corrected chi connectivity index (χ3v) is 9.45. The smallest absolute Gasteiger partial charge is 0.264 e. The van der Waals surface area contributed by atoms with Crippen LogP contribution in [0.15, 0.2) is 108 Å². The molecule has 0 aromatic heterocycles. The number of rotatable bonds is 14. The average molecular weight is 666 g/mol. The fourth-order valence-electron chi connectivity index (χ4n) is 4.80. The standard InChI is InChI=1S/C35H37ClFN3O5S/c1-25(2)22-38-35(42)33(21-26-9-5-4-6-10-26)39(23-27-11-7-8-12-32(27)36)34(41)24-40(29-15-13-28(37)14-16-29)46(43,44)31-19-17-30(45-3)18-20-31/h4-20,25,33H,21-24H2,1-3H3,(H,38,42). The molecule has 0 heterocycles. The molecule has 0 aliphatic rings. The molecule has 1 atom stereocenters. The van der Waals surface area contributed by atoms with Gasteiger partial charge in [0, 0.05) is 24.5 Å². The minimum atomic E-state index is -4.35. The summed E-state index contributed by atoms with van der Waals surface area (Å²) in [5.41, 5.74) is 1.47. The molecule has 0 radical (unpaired) electrons. The maximum atomic E-state index is 14.5. The van der Waals surface area contributed by atoms with Crippen LogP contribution in [0.5, 0.6) is 5.75 Å². The van der Waals surface area contributed by atoms with Crippen molar-refractivity contribution < 1.29 is 27.1 Å². The Kier molecular flexibility index (Phi) is 11.8. The highest BCUT2D eigenvalue weighted by molar-refractivity contribution is 7.92. The molecule has 0 aliphatic carbocycles. The van der Waals surface area contributed by atoms with Gasteiger partial charge in [0.05, 0.1) is 17.7 Å². The number of ether oxygens (including phenoxy) is 1. The molecule has 1 N–H and O–H groups in total. The Bertz CT molecular complexity index is 1720. The lowest BCUT2D eigenvalue weighted by Crippen LogP contribution is -2.53. The van der Waals surface area contributed by atoms with Crippen molar-refractivity contribution in [2.45, 2.75) is 37.8 Å². The van der Waals surface area contributed by atoms with E-state index in [1.165, 1.54) is 48.4 Å². The number of amides is 2. The molecule has 4 rings (SSSR count). The topological polar surface area (TPSA) is 96.0 Å². The SMILES string of the molecule is COc1ccc(S(=O)(=O)N(CC(=O)N(Cc2ccccc2Cl)C(Cc2ccccc2)C(=O)NCC(C)C)c2ccc(F)cc2)cc1. The lowest BCUT2D eigenvalue weighted by Gasteiger charge is -2.34. The maximum absolute atomic E-state index is 14.5. The molecule has 4 aromatic carbocycles. The van der Waals surface area contributed by atoms with Crippen molar-refractivity contribution in [2.24, 2.45) is 5.92 Å². The normalized spacial score (nSPS) is 12.0. The molecule has 242 valence electrons. The molecule has 46 heavy (non-hydrogen) atoms. The van der Waals surface area contributed by atoms with Gasteiger partial charge in [-0.3, -0.25) is 13.9 Å². The van der Waals surface area contributed by atoms with Gasteiger partial charge in [0.25, 0.3) is 10.0 Å². The van der Waals surface area contributed by atoms with E-state index in [1.807, 2.05) is 44.2 Å². The van der Waals surface area contributed by atoms with E-state index in [-0.39, 0.29) is 35.4 Å².